The summed E-state index contributed by atoms with van der Waals surface area (Å²) in [5.41, 5.74) is 4.80. The predicted octanol–water partition coefficient (Wildman–Crippen LogP) is 3.78. The summed E-state index contributed by atoms with van der Waals surface area (Å²) in [4.78, 5) is 21.1. The maximum Gasteiger partial charge on any atom is 0.227 e. The van der Waals surface area contributed by atoms with Gasteiger partial charge in [-0.2, -0.15) is 10.1 Å². The number of thiazole rings is 1. The molecule has 29 heavy (non-hydrogen) atoms. The number of aryl methyl sites for hydroxylation is 3. The van der Waals surface area contributed by atoms with Gasteiger partial charge in [0.2, 0.25) is 17.6 Å². The SMILES string of the molecule is Cc1cccc(-c2noc(CCC(=O)Nc3nc(-c4cnn(C)c4C)cs3)n2)c1. The lowest BCUT2D eigenvalue weighted by atomic mass is 10.1. The van der Waals surface area contributed by atoms with Crippen LogP contribution in [0.1, 0.15) is 23.6 Å². The Morgan fingerprint density at radius 2 is 2.14 bits per heavy atom. The van der Waals surface area contributed by atoms with Gasteiger partial charge in [-0.25, -0.2) is 4.98 Å². The van der Waals surface area contributed by atoms with Crippen molar-refractivity contribution in [1.29, 1.82) is 0 Å². The smallest absolute Gasteiger partial charge is 0.227 e. The fraction of sp³-hybridized carbons (Fsp3) is 0.250. The van der Waals surface area contributed by atoms with E-state index in [4.69, 9.17) is 4.52 Å². The van der Waals surface area contributed by atoms with E-state index in [0.29, 0.717) is 23.3 Å². The Bertz CT molecular complexity index is 1160. The molecule has 3 heterocycles. The van der Waals surface area contributed by atoms with Crippen molar-refractivity contribution in [2.45, 2.75) is 26.7 Å². The Morgan fingerprint density at radius 3 is 2.90 bits per heavy atom. The Labute approximate surface area is 171 Å². The highest BCUT2D eigenvalue weighted by molar-refractivity contribution is 7.14. The van der Waals surface area contributed by atoms with Gasteiger partial charge in [0.15, 0.2) is 5.13 Å². The van der Waals surface area contributed by atoms with E-state index in [1.54, 1.807) is 10.9 Å². The zero-order chi connectivity index (χ0) is 20.4. The molecule has 0 saturated carbocycles. The van der Waals surface area contributed by atoms with Gasteiger partial charge in [0.25, 0.3) is 0 Å². The molecule has 8 nitrogen and oxygen atoms in total. The van der Waals surface area contributed by atoms with Gasteiger partial charge in [0, 0.05) is 42.1 Å². The van der Waals surface area contributed by atoms with Crippen LogP contribution in [0.3, 0.4) is 0 Å². The molecule has 0 aliphatic heterocycles. The number of nitrogens with zero attached hydrogens (tertiary/aromatic N) is 5. The summed E-state index contributed by atoms with van der Waals surface area (Å²) in [5, 5.41) is 13.5. The Morgan fingerprint density at radius 1 is 1.28 bits per heavy atom. The first kappa shape index (κ1) is 19.0. The molecular weight excluding hydrogens is 388 g/mol. The van der Waals surface area contributed by atoms with Crippen LogP contribution < -0.4 is 5.32 Å². The minimum Gasteiger partial charge on any atom is -0.339 e. The zero-order valence-electron chi connectivity index (χ0n) is 16.3. The maximum atomic E-state index is 12.3. The summed E-state index contributed by atoms with van der Waals surface area (Å²) in [6, 6.07) is 7.88. The van der Waals surface area contributed by atoms with Crippen LogP contribution in [0.25, 0.3) is 22.6 Å². The quantitative estimate of drug-likeness (QED) is 0.521. The van der Waals surface area contributed by atoms with E-state index in [1.165, 1.54) is 11.3 Å². The zero-order valence-corrected chi connectivity index (χ0v) is 17.2. The molecule has 1 N–H and O–H groups in total. The van der Waals surface area contributed by atoms with Gasteiger partial charge in [0.05, 0.1) is 11.9 Å². The average Bonchev–Trinajstić information content (AvgIpc) is 3.42. The van der Waals surface area contributed by atoms with Crippen LogP contribution in [0.15, 0.2) is 40.4 Å². The second-order valence-corrected chi connectivity index (χ2v) is 7.59. The lowest BCUT2D eigenvalue weighted by molar-refractivity contribution is -0.116. The first-order chi connectivity index (χ1) is 14.0. The summed E-state index contributed by atoms with van der Waals surface area (Å²) in [7, 11) is 1.88. The molecule has 0 atom stereocenters. The van der Waals surface area contributed by atoms with Crippen LogP contribution >= 0.6 is 11.3 Å². The fourth-order valence-electron chi connectivity index (χ4n) is 2.87. The highest BCUT2D eigenvalue weighted by atomic mass is 32.1. The molecule has 1 aromatic carbocycles. The number of hydrogen-bond donors (Lipinski definition) is 1. The molecule has 0 fully saturated rings. The van der Waals surface area contributed by atoms with Crippen LogP contribution in [0.4, 0.5) is 5.13 Å². The number of nitrogens with one attached hydrogen (secondary N) is 1. The number of rotatable bonds is 6. The molecule has 0 saturated heterocycles. The van der Waals surface area contributed by atoms with Crippen molar-refractivity contribution in [3.05, 3.63) is 53.0 Å². The summed E-state index contributed by atoms with van der Waals surface area (Å²) in [6.45, 7) is 3.99. The molecule has 0 aliphatic carbocycles. The topological polar surface area (TPSA) is 98.7 Å². The van der Waals surface area contributed by atoms with Gasteiger partial charge in [0.1, 0.15) is 0 Å². The first-order valence-electron chi connectivity index (χ1n) is 9.13. The number of carbonyl (C=O) groups excluding carboxylic acids is 1. The molecular formula is C20H20N6O2S. The molecule has 1 amide bonds. The van der Waals surface area contributed by atoms with Gasteiger partial charge < -0.3 is 9.84 Å². The van der Waals surface area contributed by atoms with Crippen molar-refractivity contribution in [1.82, 2.24) is 24.9 Å². The minimum absolute atomic E-state index is 0.149. The Kier molecular flexibility index (Phi) is 5.22. The summed E-state index contributed by atoms with van der Waals surface area (Å²) in [6.07, 6.45) is 2.37. The van der Waals surface area contributed by atoms with Crippen molar-refractivity contribution in [3.8, 4) is 22.6 Å². The van der Waals surface area contributed by atoms with Gasteiger partial charge in [-0.15, -0.1) is 11.3 Å². The van der Waals surface area contributed by atoms with Crippen LogP contribution in [0.5, 0.6) is 0 Å². The lowest BCUT2D eigenvalue weighted by Gasteiger charge is -1.99. The largest absolute Gasteiger partial charge is 0.339 e. The molecule has 0 radical (unpaired) electrons. The van der Waals surface area contributed by atoms with Crippen molar-refractivity contribution in [2.75, 3.05) is 5.32 Å². The fourth-order valence-corrected chi connectivity index (χ4v) is 3.59. The predicted molar refractivity (Wildman–Crippen MR) is 110 cm³/mol. The van der Waals surface area contributed by atoms with Crippen molar-refractivity contribution in [2.24, 2.45) is 7.05 Å². The lowest BCUT2D eigenvalue weighted by Crippen LogP contribution is -2.12. The number of hydrogen-bond acceptors (Lipinski definition) is 7. The highest BCUT2D eigenvalue weighted by Crippen LogP contribution is 2.27. The van der Waals surface area contributed by atoms with Crippen molar-refractivity contribution < 1.29 is 9.32 Å². The van der Waals surface area contributed by atoms with E-state index in [0.717, 1.165) is 28.1 Å². The van der Waals surface area contributed by atoms with Crippen LogP contribution in [0, 0.1) is 13.8 Å². The molecule has 0 unspecified atom stereocenters. The molecule has 4 aromatic rings. The minimum atomic E-state index is -0.149. The molecule has 148 valence electrons. The number of aromatic nitrogens is 5. The molecule has 0 aliphatic rings. The van der Waals surface area contributed by atoms with E-state index in [9.17, 15) is 4.79 Å². The molecule has 0 spiro atoms. The number of amides is 1. The number of anilines is 1. The van der Waals surface area contributed by atoms with E-state index in [1.807, 2.05) is 50.5 Å². The average molecular weight is 408 g/mol. The Balaban J connectivity index is 1.35. The number of carbonyl (C=O) groups is 1. The first-order valence-corrected chi connectivity index (χ1v) is 10.0. The third-order valence-corrected chi connectivity index (χ3v) is 5.33. The third kappa shape index (κ3) is 4.24. The number of benzene rings is 1. The third-order valence-electron chi connectivity index (χ3n) is 4.57. The second-order valence-electron chi connectivity index (χ2n) is 6.73. The van der Waals surface area contributed by atoms with Gasteiger partial charge >= 0.3 is 0 Å². The van der Waals surface area contributed by atoms with Gasteiger partial charge in [-0.05, 0) is 19.9 Å². The Hall–Kier alpha value is -3.33. The monoisotopic (exact) mass is 408 g/mol. The maximum absolute atomic E-state index is 12.3. The van der Waals surface area contributed by atoms with Crippen molar-refractivity contribution >= 4 is 22.4 Å². The molecule has 3 aromatic heterocycles. The summed E-state index contributed by atoms with van der Waals surface area (Å²) >= 11 is 1.38. The van der Waals surface area contributed by atoms with Crippen LogP contribution in [-0.2, 0) is 18.3 Å². The second kappa shape index (κ2) is 7.96. The van der Waals surface area contributed by atoms with E-state index in [-0.39, 0.29) is 12.3 Å². The van der Waals surface area contributed by atoms with Gasteiger partial charge in [-0.1, -0.05) is 28.9 Å². The summed E-state index contributed by atoms with van der Waals surface area (Å²) < 4.78 is 7.07. The molecule has 4 rings (SSSR count). The molecule has 9 heteroatoms. The summed E-state index contributed by atoms with van der Waals surface area (Å²) in [5.74, 6) is 0.812. The van der Waals surface area contributed by atoms with E-state index < -0.39 is 0 Å². The normalized spacial score (nSPS) is 11.0. The van der Waals surface area contributed by atoms with Crippen LogP contribution in [0.2, 0.25) is 0 Å². The van der Waals surface area contributed by atoms with Crippen molar-refractivity contribution in [3.63, 3.8) is 0 Å². The van der Waals surface area contributed by atoms with Crippen LogP contribution in [-0.4, -0.2) is 30.8 Å². The van der Waals surface area contributed by atoms with Gasteiger partial charge in [-0.3, -0.25) is 9.48 Å². The molecule has 0 bridgehead atoms. The van der Waals surface area contributed by atoms with E-state index in [2.05, 4.69) is 25.5 Å². The standard InChI is InChI=1S/C20H20N6O2S/c1-12-5-4-6-14(9-12)19-24-18(28-25-19)8-7-17(27)23-20-22-16(11-29-20)15-10-21-26(3)13(15)2/h4-6,9-11H,7-8H2,1-3H3,(H,22,23,27). The highest BCUT2D eigenvalue weighted by Gasteiger charge is 2.14. The van der Waals surface area contributed by atoms with E-state index >= 15 is 0 Å².